The van der Waals surface area contributed by atoms with Crippen LogP contribution in [-0.2, 0) is 10.4 Å². The van der Waals surface area contributed by atoms with Crippen molar-refractivity contribution in [3.05, 3.63) is 95.6 Å². The van der Waals surface area contributed by atoms with Crippen molar-refractivity contribution in [1.82, 2.24) is 15.4 Å². The molecule has 0 fully saturated rings. The molecule has 0 saturated heterocycles. The number of rotatable bonds is 12. The first kappa shape index (κ1) is 24.2. The van der Waals surface area contributed by atoms with E-state index < -0.39 is 5.60 Å². The number of ketones is 1. The van der Waals surface area contributed by atoms with Crippen LogP contribution in [0.1, 0.15) is 72.3 Å². The van der Waals surface area contributed by atoms with Gasteiger partial charge in [0.25, 0.3) is 0 Å². The van der Waals surface area contributed by atoms with E-state index in [1.165, 1.54) is 0 Å². The summed E-state index contributed by atoms with van der Waals surface area (Å²) < 4.78 is 0. The first-order valence-electron chi connectivity index (χ1n) is 11.2. The van der Waals surface area contributed by atoms with Crippen molar-refractivity contribution < 1.29 is 19.9 Å². The molecule has 1 aromatic carbocycles. The van der Waals surface area contributed by atoms with Crippen molar-refractivity contribution in [1.29, 1.82) is 0 Å². The molecule has 0 saturated carbocycles. The summed E-state index contributed by atoms with van der Waals surface area (Å²) >= 11 is 0. The Balaban J connectivity index is 1.62. The summed E-state index contributed by atoms with van der Waals surface area (Å²) in [4.78, 5) is 32.3. The number of aromatic nitrogens is 2. The highest BCUT2D eigenvalue weighted by molar-refractivity contribution is 5.96. The zero-order valence-corrected chi connectivity index (χ0v) is 18.5. The number of Topliss-reactive ketones (excluding diaryl/α,β-unsaturated/α-hetero) is 1. The molecular formula is C26H29N3O4. The molecule has 3 rings (SSSR count). The van der Waals surface area contributed by atoms with Gasteiger partial charge in [-0.1, -0.05) is 55.7 Å². The minimum atomic E-state index is -1.53. The maximum atomic E-state index is 12.6. The number of aliphatic hydroxyl groups is 1. The van der Waals surface area contributed by atoms with Gasteiger partial charge in [-0.05, 0) is 42.7 Å². The smallest absolute Gasteiger partial charge is 0.243 e. The summed E-state index contributed by atoms with van der Waals surface area (Å²) in [5, 5.41) is 20.2. The van der Waals surface area contributed by atoms with Crippen LogP contribution < -0.4 is 5.48 Å². The number of carbonyl (C=O) groups excluding carboxylic acids is 2. The van der Waals surface area contributed by atoms with Gasteiger partial charge in [0.15, 0.2) is 11.4 Å². The topological polar surface area (TPSA) is 112 Å². The minimum absolute atomic E-state index is 0.0559. The lowest BCUT2D eigenvalue weighted by Gasteiger charge is -2.27. The molecule has 0 aliphatic heterocycles. The molecule has 0 radical (unpaired) electrons. The third-order valence-electron chi connectivity index (χ3n) is 5.63. The minimum Gasteiger partial charge on any atom is -0.373 e. The molecule has 0 aliphatic rings. The molecule has 3 aromatic rings. The molecule has 172 valence electrons. The Bertz CT molecular complexity index is 985. The van der Waals surface area contributed by atoms with Crippen LogP contribution >= 0.6 is 0 Å². The zero-order valence-electron chi connectivity index (χ0n) is 18.5. The SMILES string of the molecule is O=C(CCCCCCCC(=O)c1ccc(C(O)(c2ccccn2)c2ccccn2)cc1)NO. The summed E-state index contributed by atoms with van der Waals surface area (Å²) in [5.74, 6) is -0.313. The normalized spacial score (nSPS) is 11.2. The molecule has 0 bridgehead atoms. The van der Waals surface area contributed by atoms with E-state index in [1.54, 1.807) is 66.4 Å². The van der Waals surface area contributed by atoms with Gasteiger partial charge in [-0.25, -0.2) is 5.48 Å². The Labute approximate surface area is 193 Å². The quantitative estimate of drug-likeness (QED) is 0.166. The number of benzene rings is 1. The maximum Gasteiger partial charge on any atom is 0.243 e. The molecule has 0 spiro atoms. The van der Waals surface area contributed by atoms with Gasteiger partial charge in [0, 0.05) is 30.8 Å². The van der Waals surface area contributed by atoms with Crippen LogP contribution in [0, 0.1) is 0 Å². The summed E-state index contributed by atoms with van der Waals surface area (Å²) in [6, 6.07) is 17.7. The average Bonchev–Trinajstić information content (AvgIpc) is 2.88. The second-order valence-electron chi connectivity index (χ2n) is 7.94. The van der Waals surface area contributed by atoms with Crippen molar-refractivity contribution in [2.24, 2.45) is 0 Å². The largest absolute Gasteiger partial charge is 0.373 e. The third-order valence-corrected chi connectivity index (χ3v) is 5.63. The first-order chi connectivity index (χ1) is 16.1. The lowest BCUT2D eigenvalue weighted by atomic mass is 9.85. The number of pyridine rings is 2. The van der Waals surface area contributed by atoms with Gasteiger partial charge in [0.05, 0.1) is 11.4 Å². The third kappa shape index (κ3) is 6.31. The number of unbranched alkanes of at least 4 members (excludes halogenated alkanes) is 4. The van der Waals surface area contributed by atoms with Gasteiger partial charge in [0.1, 0.15) is 0 Å². The summed E-state index contributed by atoms with van der Waals surface area (Å²) in [6.45, 7) is 0. The lowest BCUT2D eigenvalue weighted by molar-refractivity contribution is -0.129. The summed E-state index contributed by atoms with van der Waals surface area (Å²) in [7, 11) is 0. The number of hydrogen-bond donors (Lipinski definition) is 3. The van der Waals surface area contributed by atoms with Gasteiger partial charge in [0.2, 0.25) is 5.91 Å². The van der Waals surface area contributed by atoms with E-state index in [0.717, 1.165) is 32.1 Å². The molecular weight excluding hydrogens is 418 g/mol. The predicted octanol–water partition coefficient (Wildman–Crippen LogP) is 4.18. The van der Waals surface area contributed by atoms with Gasteiger partial charge >= 0.3 is 0 Å². The lowest BCUT2D eigenvalue weighted by Crippen LogP contribution is -2.31. The van der Waals surface area contributed by atoms with Crippen molar-refractivity contribution in [3.8, 4) is 0 Å². The molecule has 2 heterocycles. The van der Waals surface area contributed by atoms with Gasteiger partial charge in [-0.3, -0.25) is 24.8 Å². The standard InChI is InChI=1S/C26H29N3O4/c30-22(10-4-2-1-3-5-13-25(31)29-33)20-14-16-21(17-15-20)26(32,23-11-6-8-18-27-23)24-12-7-9-19-28-24/h6-9,11-12,14-19,32-33H,1-5,10,13H2,(H,29,31). The summed E-state index contributed by atoms with van der Waals surface area (Å²) in [5.41, 5.74) is 2.20. The van der Waals surface area contributed by atoms with E-state index in [9.17, 15) is 14.7 Å². The highest BCUT2D eigenvalue weighted by atomic mass is 16.5. The van der Waals surface area contributed by atoms with Crippen molar-refractivity contribution in [2.45, 2.75) is 50.5 Å². The van der Waals surface area contributed by atoms with Crippen molar-refractivity contribution in [2.75, 3.05) is 0 Å². The van der Waals surface area contributed by atoms with E-state index >= 15 is 0 Å². The Morgan fingerprint density at radius 2 is 1.30 bits per heavy atom. The van der Waals surface area contributed by atoms with Crippen LogP contribution in [0.4, 0.5) is 0 Å². The fraction of sp³-hybridized carbons (Fsp3) is 0.308. The number of carbonyl (C=O) groups is 2. The molecule has 2 aromatic heterocycles. The average molecular weight is 448 g/mol. The summed E-state index contributed by atoms with van der Waals surface area (Å²) in [6.07, 6.45) is 8.24. The number of nitrogens with one attached hydrogen (secondary N) is 1. The highest BCUT2D eigenvalue weighted by Crippen LogP contribution is 2.34. The van der Waals surface area contributed by atoms with Crippen LogP contribution in [-0.4, -0.2) is 32.0 Å². The van der Waals surface area contributed by atoms with E-state index in [4.69, 9.17) is 5.21 Å². The van der Waals surface area contributed by atoms with Crippen LogP contribution in [0.15, 0.2) is 73.1 Å². The molecule has 7 heteroatoms. The number of amides is 1. The van der Waals surface area contributed by atoms with E-state index in [0.29, 0.717) is 35.4 Å². The Morgan fingerprint density at radius 3 is 1.82 bits per heavy atom. The van der Waals surface area contributed by atoms with Gasteiger partial charge in [-0.15, -0.1) is 0 Å². The van der Waals surface area contributed by atoms with E-state index in [-0.39, 0.29) is 11.7 Å². The second-order valence-corrected chi connectivity index (χ2v) is 7.94. The molecule has 0 unspecified atom stereocenters. The molecule has 0 aliphatic carbocycles. The number of nitrogens with zero attached hydrogens (tertiary/aromatic N) is 2. The number of hydrogen-bond acceptors (Lipinski definition) is 6. The van der Waals surface area contributed by atoms with Gasteiger partial charge < -0.3 is 5.11 Å². The predicted molar refractivity (Wildman–Crippen MR) is 124 cm³/mol. The van der Waals surface area contributed by atoms with Gasteiger partial charge in [-0.2, -0.15) is 0 Å². The van der Waals surface area contributed by atoms with Crippen LogP contribution in [0.25, 0.3) is 0 Å². The zero-order chi connectivity index (χ0) is 23.5. The van der Waals surface area contributed by atoms with Crippen LogP contribution in [0.5, 0.6) is 0 Å². The first-order valence-corrected chi connectivity index (χ1v) is 11.2. The number of hydroxylamine groups is 1. The molecule has 3 N–H and O–H groups in total. The monoisotopic (exact) mass is 447 g/mol. The fourth-order valence-electron chi connectivity index (χ4n) is 3.78. The fourth-order valence-corrected chi connectivity index (χ4v) is 3.78. The second kappa shape index (κ2) is 12.0. The Hall–Kier alpha value is -3.42. The Kier molecular flexibility index (Phi) is 8.80. The van der Waals surface area contributed by atoms with Crippen molar-refractivity contribution in [3.63, 3.8) is 0 Å². The van der Waals surface area contributed by atoms with Crippen LogP contribution in [0.2, 0.25) is 0 Å². The molecule has 33 heavy (non-hydrogen) atoms. The highest BCUT2D eigenvalue weighted by Gasteiger charge is 2.36. The van der Waals surface area contributed by atoms with Crippen molar-refractivity contribution >= 4 is 11.7 Å². The van der Waals surface area contributed by atoms with Crippen LogP contribution in [0.3, 0.4) is 0 Å². The molecule has 0 atom stereocenters. The molecule has 7 nitrogen and oxygen atoms in total. The maximum absolute atomic E-state index is 12.6. The van der Waals surface area contributed by atoms with E-state index in [1.807, 2.05) is 12.1 Å². The van der Waals surface area contributed by atoms with E-state index in [2.05, 4.69) is 9.97 Å². The Morgan fingerprint density at radius 1 is 0.758 bits per heavy atom. The molecule has 1 amide bonds.